The van der Waals surface area contributed by atoms with Crippen LogP contribution in [0.5, 0.6) is 0 Å². The molecule has 4 nitrogen and oxygen atoms in total. The van der Waals surface area contributed by atoms with Crippen LogP contribution in [0.4, 0.5) is 4.39 Å². The van der Waals surface area contributed by atoms with Crippen molar-refractivity contribution in [3.63, 3.8) is 0 Å². The largest absolute Gasteiger partial charge is 0.256 e. The number of sulfonamides is 1. The van der Waals surface area contributed by atoms with Gasteiger partial charge in [0.25, 0.3) is 0 Å². The fourth-order valence-corrected chi connectivity index (χ4v) is 5.92. The van der Waals surface area contributed by atoms with Crippen molar-refractivity contribution in [3.05, 3.63) is 88.8 Å². The van der Waals surface area contributed by atoms with E-state index in [1.54, 1.807) is 42.8 Å². The summed E-state index contributed by atoms with van der Waals surface area (Å²) < 4.78 is 42.9. The molecule has 0 atom stereocenters. The topological polar surface area (TPSA) is 59.1 Å². The summed E-state index contributed by atoms with van der Waals surface area (Å²) in [7, 11) is -3.70. The molecule has 0 spiro atoms. The van der Waals surface area contributed by atoms with Crippen LogP contribution >= 0.6 is 27.7 Å². The van der Waals surface area contributed by atoms with Crippen molar-refractivity contribution in [1.82, 2.24) is 9.71 Å². The molecule has 31 heavy (non-hydrogen) atoms. The molecule has 8 heteroatoms. The number of halogens is 2. The maximum absolute atomic E-state index is 13.9. The number of fused-ring (bicyclic) bond motifs is 1. The molecule has 0 aliphatic rings. The van der Waals surface area contributed by atoms with Crippen molar-refractivity contribution < 1.29 is 12.8 Å². The van der Waals surface area contributed by atoms with Gasteiger partial charge in [0.15, 0.2) is 0 Å². The zero-order chi connectivity index (χ0) is 22.0. The van der Waals surface area contributed by atoms with Crippen molar-refractivity contribution in [3.8, 4) is 11.1 Å². The lowest BCUT2D eigenvalue weighted by Crippen LogP contribution is -2.23. The van der Waals surface area contributed by atoms with Gasteiger partial charge in [0.1, 0.15) is 5.82 Å². The van der Waals surface area contributed by atoms with Gasteiger partial charge in [-0.15, -0.1) is 11.8 Å². The number of nitrogens with one attached hydrogen (secondary N) is 1. The van der Waals surface area contributed by atoms with E-state index >= 15 is 0 Å². The summed E-state index contributed by atoms with van der Waals surface area (Å²) in [4.78, 5) is 4.98. The van der Waals surface area contributed by atoms with E-state index in [9.17, 15) is 12.8 Å². The standard InChI is InChI=1S/C23H18BrFN2O2S2/c1-30-23-20(25)11-10-19(22(23)24)15-6-8-17(9-7-15)31(28,29)27-14-16-12-13-26-21-5-3-2-4-18(16)21/h2-13,27H,14H2,1H3. The van der Waals surface area contributed by atoms with Gasteiger partial charge in [-0.3, -0.25) is 4.98 Å². The van der Waals surface area contributed by atoms with Gasteiger partial charge in [-0.2, -0.15) is 0 Å². The van der Waals surface area contributed by atoms with Gasteiger partial charge in [0.2, 0.25) is 10.0 Å². The number of para-hydroxylation sites is 1. The van der Waals surface area contributed by atoms with Crippen molar-refractivity contribution in [2.24, 2.45) is 0 Å². The highest BCUT2D eigenvalue weighted by atomic mass is 79.9. The van der Waals surface area contributed by atoms with E-state index in [2.05, 4.69) is 25.6 Å². The first-order chi connectivity index (χ1) is 14.9. The van der Waals surface area contributed by atoms with E-state index in [1.165, 1.54) is 17.8 Å². The summed E-state index contributed by atoms with van der Waals surface area (Å²) >= 11 is 4.77. The molecule has 4 rings (SSSR count). The van der Waals surface area contributed by atoms with Gasteiger partial charge < -0.3 is 0 Å². The van der Waals surface area contributed by atoms with Gasteiger partial charge in [-0.25, -0.2) is 17.5 Å². The third-order valence-corrected chi connectivity index (χ3v) is 8.23. The van der Waals surface area contributed by atoms with Crippen molar-refractivity contribution >= 4 is 48.6 Å². The van der Waals surface area contributed by atoms with E-state index in [0.717, 1.165) is 27.6 Å². The Hall–Kier alpha value is -2.26. The Bertz CT molecular complexity index is 1350. The highest BCUT2D eigenvalue weighted by molar-refractivity contribution is 9.10. The number of nitrogens with zero attached hydrogens (tertiary/aromatic N) is 1. The molecule has 0 unspecified atom stereocenters. The predicted molar refractivity (Wildman–Crippen MR) is 127 cm³/mol. The molecule has 0 bridgehead atoms. The number of rotatable bonds is 6. The van der Waals surface area contributed by atoms with Crippen molar-refractivity contribution in [1.29, 1.82) is 0 Å². The highest BCUT2D eigenvalue weighted by Gasteiger charge is 2.16. The van der Waals surface area contributed by atoms with Gasteiger partial charge in [-0.05, 0) is 69.2 Å². The third-order valence-electron chi connectivity index (χ3n) is 4.92. The van der Waals surface area contributed by atoms with E-state index in [1.807, 2.05) is 30.3 Å². The van der Waals surface area contributed by atoms with Crippen LogP contribution in [0.15, 0.2) is 87.2 Å². The third kappa shape index (κ3) is 4.52. The molecule has 0 aliphatic carbocycles. The monoisotopic (exact) mass is 516 g/mol. The number of hydrogen-bond acceptors (Lipinski definition) is 4. The van der Waals surface area contributed by atoms with Crippen LogP contribution in [0.1, 0.15) is 5.56 Å². The van der Waals surface area contributed by atoms with E-state index in [0.29, 0.717) is 9.37 Å². The minimum atomic E-state index is -3.70. The number of benzene rings is 3. The van der Waals surface area contributed by atoms with Crippen molar-refractivity contribution in [2.75, 3.05) is 6.26 Å². The fourth-order valence-electron chi connectivity index (χ4n) is 3.32. The summed E-state index contributed by atoms with van der Waals surface area (Å²) in [5.74, 6) is -0.296. The van der Waals surface area contributed by atoms with Crippen LogP contribution < -0.4 is 4.72 Å². The first-order valence-electron chi connectivity index (χ1n) is 9.35. The van der Waals surface area contributed by atoms with Crippen LogP contribution in [-0.4, -0.2) is 19.7 Å². The lowest BCUT2D eigenvalue weighted by atomic mass is 10.1. The number of hydrogen-bond donors (Lipinski definition) is 1. The normalized spacial score (nSPS) is 11.7. The van der Waals surface area contributed by atoms with Crippen LogP contribution in [0, 0.1) is 5.82 Å². The molecule has 0 fully saturated rings. The first kappa shape index (κ1) is 22.0. The van der Waals surface area contributed by atoms with Crippen LogP contribution in [-0.2, 0) is 16.6 Å². The second kappa shape index (κ2) is 9.08. The zero-order valence-electron chi connectivity index (χ0n) is 16.5. The van der Waals surface area contributed by atoms with Gasteiger partial charge in [0, 0.05) is 22.6 Å². The number of pyridine rings is 1. The summed E-state index contributed by atoms with van der Waals surface area (Å²) in [5.41, 5.74) is 3.26. The Morgan fingerprint density at radius 1 is 1.03 bits per heavy atom. The molecular formula is C23H18BrFN2O2S2. The minimum Gasteiger partial charge on any atom is -0.256 e. The molecule has 0 aliphatic heterocycles. The second-order valence-electron chi connectivity index (χ2n) is 6.78. The van der Waals surface area contributed by atoms with E-state index in [4.69, 9.17) is 0 Å². The highest BCUT2D eigenvalue weighted by Crippen LogP contribution is 2.37. The lowest BCUT2D eigenvalue weighted by Gasteiger charge is -2.12. The Kier molecular flexibility index (Phi) is 6.43. The number of aromatic nitrogens is 1. The van der Waals surface area contributed by atoms with Crippen LogP contribution in [0.3, 0.4) is 0 Å². The van der Waals surface area contributed by atoms with E-state index < -0.39 is 10.0 Å². The molecule has 1 heterocycles. The molecule has 0 amide bonds. The average molecular weight is 517 g/mol. The SMILES string of the molecule is CSc1c(F)ccc(-c2ccc(S(=O)(=O)NCc3ccnc4ccccc34)cc2)c1Br. The Morgan fingerprint density at radius 3 is 2.52 bits per heavy atom. The Labute approximate surface area is 193 Å². The smallest absolute Gasteiger partial charge is 0.240 e. The summed E-state index contributed by atoms with van der Waals surface area (Å²) in [6.45, 7) is 0.160. The van der Waals surface area contributed by atoms with Crippen LogP contribution in [0.2, 0.25) is 0 Å². The Morgan fingerprint density at radius 2 is 1.77 bits per heavy atom. The van der Waals surface area contributed by atoms with Crippen LogP contribution in [0.25, 0.3) is 22.0 Å². The number of thioether (sulfide) groups is 1. The molecule has 158 valence electrons. The first-order valence-corrected chi connectivity index (χ1v) is 12.9. The molecular weight excluding hydrogens is 499 g/mol. The minimum absolute atomic E-state index is 0.160. The molecule has 4 aromatic rings. The summed E-state index contributed by atoms with van der Waals surface area (Å²) in [6, 6.07) is 19.1. The maximum atomic E-state index is 13.9. The quantitative estimate of drug-likeness (QED) is 0.319. The molecule has 0 saturated carbocycles. The summed E-state index contributed by atoms with van der Waals surface area (Å²) in [5, 5.41) is 0.911. The Balaban J connectivity index is 1.57. The van der Waals surface area contributed by atoms with Gasteiger partial charge in [0.05, 0.1) is 15.3 Å². The molecule has 1 aromatic heterocycles. The second-order valence-corrected chi connectivity index (χ2v) is 10.2. The van der Waals surface area contributed by atoms with Crippen molar-refractivity contribution in [2.45, 2.75) is 16.3 Å². The maximum Gasteiger partial charge on any atom is 0.240 e. The van der Waals surface area contributed by atoms with Gasteiger partial charge in [-0.1, -0.05) is 36.4 Å². The average Bonchev–Trinajstić information content (AvgIpc) is 2.78. The molecule has 0 saturated heterocycles. The fraction of sp³-hybridized carbons (Fsp3) is 0.0870. The molecule has 1 N–H and O–H groups in total. The lowest BCUT2D eigenvalue weighted by molar-refractivity contribution is 0.581. The predicted octanol–water partition coefficient (Wildman–Crippen LogP) is 6.00. The van der Waals surface area contributed by atoms with E-state index in [-0.39, 0.29) is 17.3 Å². The van der Waals surface area contributed by atoms with Gasteiger partial charge >= 0.3 is 0 Å². The zero-order valence-corrected chi connectivity index (χ0v) is 19.7. The molecule has 3 aromatic carbocycles. The molecule has 0 radical (unpaired) electrons. The summed E-state index contributed by atoms with van der Waals surface area (Å²) in [6.07, 6.45) is 3.48.